The molecule has 1 aromatic rings. The Labute approximate surface area is 108 Å². The number of ether oxygens (including phenoxy) is 1. The van der Waals surface area contributed by atoms with Crippen LogP contribution in [-0.2, 0) is 11.3 Å². The van der Waals surface area contributed by atoms with E-state index in [0.29, 0.717) is 29.7 Å². The molecule has 5 nitrogen and oxygen atoms in total. The molecule has 0 aromatic carbocycles. The molecule has 3 N–H and O–H groups in total. The van der Waals surface area contributed by atoms with Crippen LogP contribution in [0.15, 0.2) is 6.07 Å². The van der Waals surface area contributed by atoms with Crippen LogP contribution < -0.4 is 11.1 Å². The Morgan fingerprint density at radius 2 is 2.28 bits per heavy atom. The molecule has 1 aliphatic carbocycles. The Balaban J connectivity index is 2.05. The van der Waals surface area contributed by atoms with E-state index in [4.69, 9.17) is 10.5 Å². The third-order valence-electron chi connectivity index (χ3n) is 3.39. The number of nitrogen functional groups attached to an aromatic ring is 1. The standard InChI is InChI=1S/C13H22N4O/c1-13(2)5-4-9(7-13)15-11-6-10(14)16-12(17-11)8-18-3/h6,9H,4-5,7-8H2,1-3H3,(H3,14,15,16,17). The van der Waals surface area contributed by atoms with Crippen LogP contribution >= 0.6 is 0 Å². The first-order valence-electron chi connectivity index (χ1n) is 6.37. The summed E-state index contributed by atoms with van der Waals surface area (Å²) in [6.45, 7) is 4.99. The Morgan fingerprint density at radius 3 is 2.89 bits per heavy atom. The number of aromatic nitrogens is 2. The van der Waals surface area contributed by atoms with Gasteiger partial charge in [0.2, 0.25) is 0 Å². The van der Waals surface area contributed by atoms with Crippen LogP contribution in [0, 0.1) is 5.41 Å². The summed E-state index contributed by atoms with van der Waals surface area (Å²) in [5, 5.41) is 3.45. The maximum atomic E-state index is 5.77. The molecule has 0 spiro atoms. The predicted octanol–water partition coefficient (Wildman–Crippen LogP) is 2.20. The molecule has 1 atom stereocenters. The van der Waals surface area contributed by atoms with Crippen LogP contribution in [0.4, 0.5) is 11.6 Å². The first kappa shape index (κ1) is 13.1. The number of nitrogens with two attached hydrogens (primary N) is 1. The molecule has 100 valence electrons. The van der Waals surface area contributed by atoms with Crippen LogP contribution in [-0.4, -0.2) is 23.1 Å². The third kappa shape index (κ3) is 3.32. The van der Waals surface area contributed by atoms with Crippen molar-refractivity contribution in [3.63, 3.8) is 0 Å². The van der Waals surface area contributed by atoms with E-state index >= 15 is 0 Å². The summed E-state index contributed by atoms with van der Waals surface area (Å²) in [6, 6.07) is 2.26. The molecule has 1 aromatic heterocycles. The average molecular weight is 250 g/mol. The van der Waals surface area contributed by atoms with E-state index in [1.54, 1.807) is 13.2 Å². The topological polar surface area (TPSA) is 73.1 Å². The van der Waals surface area contributed by atoms with E-state index in [1.165, 1.54) is 12.8 Å². The molecular weight excluding hydrogens is 228 g/mol. The second-order valence-corrected chi connectivity index (χ2v) is 5.78. The lowest BCUT2D eigenvalue weighted by Gasteiger charge is -2.18. The van der Waals surface area contributed by atoms with E-state index in [-0.39, 0.29) is 0 Å². The van der Waals surface area contributed by atoms with Crippen molar-refractivity contribution in [1.29, 1.82) is 0 Å². The number of methoxy groups -OCH3 is 1. The molecular formula is C13H22N4O. The highest BCUT2D eigenvalue weighted by Crippen LogP contribution is 2.38. The molecule has 18 heavy (non-hydrogen) atoms. The minimum absolute atomic E-state index is 0.385. The fourth-order valence-corrected chi connectivity index (χ4v) is 2.55. The zero-order chi connectivity index (χ0) is 13.2. The monoisotopic (exact) mass is 250 g/mol. The number of nitrogens with zero attached hydrogens (tertiary/aromatic N) is 2. The van der Waals surface area contributed by atoms with Crippen molar-refractivity contribution >= 4 is 11.6 Å². The van der Waals surface area contributed by atoms with Gasteiger partial charge in [-0.15, -0.1) is 0 Å². The normalized spacial score (nSPS) is 22.1. The quantitative estimate of drug-likeness (QED) is 0.857. The fraction of sp³-hybridized carbons (Fsp3) is 0.692. The van der Waals surface area contributed by atoms with Gasteiger partial charge in [0.25, 0.3) is 0 Å². The smallest absolute Gasteiger partial charge is 0.158 e. The van der Waals surface area contributed by atoms with Gasteiger partial charge < -0.3 is 15.8 Å². The molecule has 1 saturated carbocycles. The summed E-state index contributed by atoms with van der Waals surface area (Å²) in [5.41, 5.74) is 6.19. The van der Waals surface area contributed by atoms with Crippen molar-refractivity contribution in [3.05, 3.63) is 11.9 Å². The zero-order valence-electron chi connectivity index (χ0n) is 11.4. The number of hydrogen-bond acceptors (Lipinski definition) is 5. The van der Waals surface area contributed by atoms with Crippen molar-refractivity contribution in [1.82, 2.24) is 9.97 Å². The maximum Gasteiger partial charge on any atom is 0.158 e. The van der Waals surface area contributed by atoms with E-state index in [1.807, 2.05) is 0 Å². The third-order valence-corrected chi connectivity index (χ3v) is 3.39. The van der Waals surface area contributed by atoms with E-state index in [2.05, 4.69) is 29.1 Å². The number of rotatable bonds is 4. The van der Waals surface area contributed by atoms with Gasteiger partial charge in [0.1, 0.15) is 18.2 Å². The molecule has 0 bridgehead atoms. The molecule has 0 aliphatic heterocycles. The van der Waals surface area contributed by atoms with E-state index in [9.17, 15) is 0 Å². The summed E-state index contributed by atoms with van der Waals surface area (Å²) in [6.07, 6.45) is 3.59. The summed E-state index contributed by atoms with van der Waals surface area (Å²) in [7, 11) is 1.62. The average Bonchev–Trinajstić information content (AvgIpc) is 2.57. The van der Waals surface area contributed by atoms with Crippen molar-refractivity contribution in [3.8, 4) is 0 Å². The lowest BCUT2D eigenvalue weighted by molar-refractivity contribution is 0.178. The van der Waals surface area contributed by atoms with Gasteiger partial charge in [-0.3, -0.25) is 0 Å². The van der Waals surface area contributed by atoms with Crippen molar-refractivity contribution in [2.24, 2.45) is 5.41 Å². The largest absolute Gasteiger partial charge is 0.384 e. The highest BCUT2D eigenvalue weighted by atomic mass is 16.5. The van der Waals surface area contributed by atoms with E-state index < -0.39 is 0 Å². The van der Waals surface area contributed by atoms with Crippen LogP contribution in [0.1, 0.15) is 38.9 Å². The first-order chi connectivity index (χ1) is 8.48. The van der Waals surface area contributed by atoms with Gasteiger partial charge in [0, 0.05) is 19.2 Å². The van der Waals surface area contributed by atoms with Crippen molar-refractivity contribution < 1.29 is 4.74 Å². The van der Waals surface area contributed by atoms with Gasteiger partial charge in [0.05, 0.1) is 0 Å². The second kappa shape index (κ2) is 5.10. The highest BCUT2D eigenvalue weighted by molar-refractivity contribution is 5.45. The number of hydrogen-bond donors (Lipinski definition) is 2. The molecule has 1 heterocycles. The van der Waals surface area contributed by atoms with E-state index in [0.717, 1.165) is 12.2 Å². The Hall–Kier alpha value is -1.36. The van der Waals surface area contributed by atoms with Crippen molar-refractivity contribution in [2.75, 3.05) is 18.2 Å². The Kier molecular flexibility index (Phi) is 3.71. The van der Waals surface area contributed by atoms with Gasteiger partial charge in [-0.2, -0.15) is 0 Å². The van der Waals surface area contributed by atoms with Gasteiger partial charge in [-0.25, -0.2) is 9.97 Å². The Morgan fingerprint density at radius 1 is 1.50 bits per heavy atom. The SMILES string of the molecule is COCc1nc(N)cc(NC2CCC(C)(C)C2)n1. The molecule has 0 amide bonds. The summed E-state index contributed by atoms with van der Waals surface area (Å²) >= 11 is 0. The van der Waals surface area contributed by atoms with Crippen LogP contribution in [0.5, 0.6) is 0 Å². The predicted molar refractivity (Wildman–Crippen MR) is 72.2 cm³/mol. The fourth-order valence-electron chi connectivity index (χ4n) is 2.55. The molecule has 2 rings (SSSR count). The maximum absolute atomic E-state index is 5.77. The molecule has 1 fully saturated rings. The summed E-state index contributed by atoms with van der Waals surface area (Å²) < 4.78 is 5.03. The highest BCUT2D eigenvalue weighted by Gasteiger charge is 2.30. The lowest BCUT2D eigenvalue weighted by Crippen LogP contribution is -2.19. The van der Waals surface area contributed by atoms with Gasteiger partial charge in [-0.1, -0.05) is 13.8 Å². The molecule has 0 radical (unpaired) electrons. The number of nitrogens with one attached hydrogen (secondary N) is 1. The molecule has 1 unspecified atom stereocenters. The van der Waals surface area contributed by atoms with Crippen LogP contribution in [0.3, 0.4) is 0 Å². The molecule has 5 heteroatoms. The lowest BCUT2D eigenvalue weighted by atomic mass is 9.92. The first-order valence-corrected chi connectivity index (χ1v) is 6.37. The second-order valence-electron chi connectivity index (χ2n) is 5.78. The summed E-state index contributed by atoms with van der Waals surface area (Å²) in [5.74, 6) is 1.91. The minimum Gasteiger partial charge on any atom is -0.384 e. The summed E-state index contributed by atoms with van der Waals surface area (Å²) in [4.78, 5) is 8.54. The zero-order valence-corrected chi connectivity index (χ0v) is 11.4. The van der Waals surface area contributed by atoms with Gasteiger partial charge in [0.15, 0.2) is 5.82 Å². The number of anilines is 2. The van der Waals surface area contributed by atoms with Gasteiger partial charge in [-0.05, 0) is 24.7 Å². The van der Waals surface area contributed by atoms with Crippen molar-refractivity contribution in [2.45, 2.75) is 45.8 Å². The molecule has 0 saturated heterocycles. The van der Waals surface area contributed by atoms with Gasteiger partial charge >= 0.3 is 0 Å². The molecule has 1 aliphatic rings. The minimum atomic E-state index is 0.385. The van der Waals surface area contributed by atoms with Crippen LogP contribution in [0.2, 0.25) is 0 Å². The Bertz CT molecular complexity index is 419. The van der Waals surface area contributed by atoms with Crippen LogP contribution in [0.25, 0.3) is 0 Å².